The number of carbonyl (C=O) groups excluding carboxylic acids is 1. The number of piperazine rings is 1. The molecule has 3 N–H and O–H groups in total. The highest BCUT2D eigenvalue weighted by Crippen LogP contribution is 2.21. The fourth-order valence-corrected chi connectivity index (χ4v) is 4.22. The number of para-hydroxylation sites is 1. The number of fused-ring (bicyclic) bond motifs is 1. The van der Waals surface area contributed by atoms with Crippen LogP contribution >= 0.6 is 0 Å². The predicted molar refractivity (Wildman–Crippen MR) is 123 cm³/mol. The van der Waals surface area contributed by atoms with Gasteiger partial charge in [0.15, 0.2) is 0 Å². The number of aromatic nitrogens is 4. The highest BCUT2D eigenvalue weighted by molar-refractivity contribution is 5.91. The Hall–Kier alpha value is -2.87. The Bertz CT molecular complexity index is 1010. The van der Waals surface area contributed by atoms with Crippen LogP contribution in [0.25, 0.3) is 10.9 Å². The molecular formula is C23H33N7O. The zero-order chi connectivity index (χ0) is 21.8. The predicted octanol–water partition coefficient (Wildman–Crippen LogP) is 2.96. The molecule has 1 saturated heterocycles. The Labute approximate surface area is 183 Å². The largest absolute Gasteiger partial charge is 0.361 e. The molecular weight excluding hydrogens is 390 g/mol. The number of nitrogens with one attached hydrogen (secondary N) is 3. The molecule has 0 spiro atoms. The number of aromatic amines is 2. The van der Waals surface area contributed by atoms with Gasteiger partial charge in [0.2, 0.25) is 11.8 Å². The van der Waals surface area contributed by atoms with Gasteiger partial charge in [0.1, 0.15) is 0 Å². The van der Waals surface area contributed by atoms with E-state index in [1.165, 1.54) is 10.9 Å². The van der Waals surface area contributed by atoms with Crippen molar-refractivity contribution in [3.63, 3.8) is 0 Å². The second kappa shape index (κ2) is 9.51. The van der Waals surface area contributed by atoms with Crippen molar-refractivity contribution in [1.29, 1.82) is 0 Å². The summed E-state index contributed by atoms with van der Waals surface area (Å²) in [6.07, 6.45) is 5.92. The van der Waals surface area contributed by atoms with Crippen molar-refractivity contribution in [2.45, 2.75) is 51.6 Å². The second-order valence-corrected chi connectivity index (χ2v) is 8.64. The zero-order valence-electron chi connectivity index (χ0n) is 18.7. The molecule has 0 radical (unpaired) electrons. The minimum atomic E-state index is -0.193. The first-order valence-corrected chi connectivity index (χ1v) is 11.3. The van der Waals surface area contributed by atoms with E-state index < -0.39 is 0 Å². The average Bonchev–Trinajstić information content (AvgIpc) is 3.42. The highest BCUT2D eigenvalue weighted by atomic mass is 16.2. The first kappa shape index (κ1) is 21.4. The highest BCUT2D eigenvalue weighted by Gasteiger charge is 2.25. The minimum absolute atomic E-state index is 0.0452. The van der Waals surface area contributed by atoms with E-state index in [1.54, 1.807) is 0 Å². The number of rotatable bonds is 8. The molecule has 1 fully saturated rings. The van der Waals surface area contributed by atoms with Gasteiger partial charge in [-0.05, 0) is 38.4 Å². The summed E-state index contributed by atoms with van der Waals surface area (Å²) >= 11 is 0. The van der Waals surface area contributed by atoms with Gasteiger partial charge >= 0.3 is 0 Å². The molecule has 8 nitrogen and oxygen atoms in total. The molecule has 1 unspecified atom stereocenters. The molecule has 3 heterocycles. The maximum absolute atomic E-state index is 12.9. The lowest BCUT2D eigenvalue weighted by atomic mass is 10.0. The number of amides is 1. The van der Waals surface area contributed by atoms with Crippen molar-refractivity contribution in [2.24, 2.45) is 0 Å². The van der Waals surface area contributed by atoms with Crippen LogP contribution in [0.2, 0.25) is 0 Å². The van der Waals surface area contributed by atoms with Crippen LogP contribution in [-0.4, -0.2) is 69.7 Å². The zero-order valence-corrected chi connectivity index (χ0v) is 18.7. The van der Waals surface area contributed by atoms with E-state index in [2.05, 4.69) is 80.6 Å². The van der Waals surface area contributed by atoms with Crippen LogP contribution in [0.4, 0.5) is 5.95 Å². The molecule has 2 aromatic heterocycles. The minimum Gasteiger partial charge on any atom is -0.361 e. The number of nitrogens with zero attached hydrogens (tertiary/aromatic N) is 4. The number of anilines is 1. The molecule has 0 saturated carbocycles. The summed E-state index contributed by atoms with van der Waals surface area (Å²) in [5.41, 5.74) is 2.35. The van der Waals surface area contributed by atoms with E-state index in [0.717, 1.165) is 50.8 Å². The Morgan fingerprint density at radius 3 is 2.97 bits per heavy atom. The standard InChI is InChI=1S/C23H33N7O/c1-4-5-8-18(13-17-14-24-20-10-7-6-9-19(17)20)25-22(31)21-26-23(28-27-21)30-12-11-29(3)16(2)15-30/h6-7,9-10,14,16,18,24H,4-5,8,11-13,15H2,1-3H3,(H,25,31)(H,26,27,28)/t16-,18?/m1/s1. The number of hydrogen-bond acceptors (Lipinski definition) is 5. The first-order valence-electron chi connectivity index (χ1n) is 11.3. The summed E-state index contributed by atoms with van der Waals surface area (Å²) in [6.45, 7) is 7.04. The summed E-state index contributed by atoms with van der Waals surface area (Å²) in [5.74, 6) is 0.690. The average molecular weight is 424 g/mol. The Morgan fingerprint density at radius 1 is 1.32 bits per heavy atom. The third kappa shape index (κ3) is 4.90. The molecule has 0 bridgehead atoms. The molecule has 1 aromatic carbocycles. The van der Waals surface area contributed by atoms with E-state index in [-0.39, 0.29) is 17.8 Å². The van der Waals surface area contributed by atoms with Crippen molar-refractivity contribution in [3.8, 4) is 0 Å². The smallest absolute Gasteiger partial charge is 0.288 e. The van der Waals surface area contributed by atoms with Crippen LogP contribution in [0.15, 0.2) is 30.5 Å². The van der Waals surface area contributed by atoms with Crippen LogP contribution < -0.4 is 10.2 Å². The summed E-state index contributed by atoms with van der Waals surface area (Å²) in [4.78, 5) is 25.2. The lowest BCUT2D eigenvalue weighted by Crippen LogP contribution is -2.50. The van der Waals surface area contributed by atoms with Crippen molar-refractivity contribution in [3.05, 3.63) is 41.9 Å². The summed E-state index contributed by atoms with van der Waals surface area (Å²) < 4.78 is 0. The first-order chi connectivity index (χ1) is 15.0. The van der Waals surface area contributed by atoms with Crippen LogP contribution in [0.3, 0.4) is 0 Å². The maximum Gasteiger partial charge on any atom is 0.288 e. The summed E-state index contributed by atoms with van der Waals surface area (Å²) in [7, 11) is 2.13. The van der Waals surface area contributed by atoms with Gasteiger partial charge in [0, 0.05) is 48.8 Å². The maximum atomic E-state index is 12.9. The quantitative estimate of drug-likeness (QED) is 0.518. The van der Waals surface area contributed by atoms with Gasteiger partial charge in [0.25, 0.3) is 5.91 Å². The fourth-order valence-electron chi connectivity index (χ4n) is 4.22. The van der Waals surface area contributed by atoms with Crippen molar-refractivity contribution < 1.29 is 4.79 Å². The molecule has 8 heteroatoms. The van der Waals surface area contributed by atoms with Crippen LogP contribution in [-0.2, 0) is 6.42 Å². The third-order valence-corrected chi connectivity index (χ3v) is 6.31. The topological polar surface area (TPSA) is 92.9 Å². The SMILES string of the molecule is CCCCC(Cc1c[nH]c2ccccc12)NC(=O)c1nc(N2CCN(C)[C@H](C)C2)n[nH]1. The summed E-state index contributed by atoms with van der Waals surface area (Å²) in [5, 5.41) is 11.6. The van der Waals surface area contributed by atoms with Gasteiger partial charge in [-0.2, -0.15) is 4.98 Å². The van der Waals surface area contributed by atoms with Gasteiger partial charge in [-0.15, -0.1) is 5.10 Å². The lowest BCUT2D eigenvalue weighted by molar-refractivity contribution is 0.0924. The molecule has 166 valence electrons. The normalized spacial score (nSPS) is 18.4. The van der Waals surface area contributed by atoms with Crippen LogP contribution in [0.1, 0.15) is 49.3 Å². The molecule has 1 amide bonds. The molecule has 2 atom stereocenters. The van der Waals surface area contributed by atoms with Gasteiger partial charge in [-0.25, -0.2) is 0 Å². The number of hydrogen-bond donors (Lipinski definition) is 3. The number of H-pyrrole nitrogens is 2. The Balaban J connectivity index is 1.43. The Morgan fingerprint density at radius 2 is 2.16 bits per heavy atom. The van der Waals surface area contributed by atoms with E-state index in [4.69, 9.17) is 0 Å². The van der Waals surface area contributed by atoms with E-state index in [0.29, 0.717) is 12.0 Å². The number of benzene rings is 1. The molecule has 1 aliphatic rings. The van der Waals surface area contributed by atoms with E-state index >= 15 is 0 Å². The Kier molecular flexibility index (Phi) is 6.56. The second-order valence-electron chi connectivity index (χ2n) is 8.64. The molecule has 4 rings (SSSR count). The van der Waals surface area contributed by atoms with Gasteiger partial charge in [-0.1, -0.05) is 38.0 Å². The van der Waals surface area contributed by atoms with Crippen molar-refractivity contribution >= 4 is 22.8 Å². The third-order valence-electron chi connectivity index (χ3n) is 6.31. The van der Waals surface area contributed by atoms with E-state index in [1.807, 2.05) is 6.07 Å². The molecule has 3 aromatic rings. The number of likely N-dealkylation sites (N-methyl/N-ethyl adjacent to an activating group) is 1. The van der Waals surface area contributed by atoms with Gasteiger partial charge in [0.05, 0.1) is 0 Å². The van der Waals surface area contributed by atoms with Gasteiger partial charge < -0.3 is 20.1 Å². The lowest BCUT2D eigenvalue weighted by Gasteiger charge is -2.37. The number of carbonyl (C=O) groups is 1. The molecule has 31 heavy (non-hydrogen) atoms. The number of unbranched alkanes of at least 4 members (excludes halogenated alkanes) is 1. The molecule has 1 aliphatic heterocycles. The summed E-state index contributed by atoms with van der Waals surface area (Å²) in [6, 6.07) is 8.76. The van der Waals surface area contributed by atoms with Crippen LogP contribution in [0.5, 0.6) is 0 Å². The fraction of sp³-hybridized carbons (Fsp3) is 0.522. The van der Waals surface area contributed by atoms with E-state index in [9.17, 15) is 4.79 Å². The monoisotopic (exact) mass is 423 g/mol. The van der Waals surface area contributed by atoms with Crippen LogP contribution in [0, 0.1) is 0 Å². The van der Waals surface area contributed by atoms with Gasteiger partial charge in [-0.3, -0.25) is 9.89 Å². The van der Waals surface area contributed by atoms with Crippen molar-refractivity contribution in [2.75, 3.05) is 31.6 Å². The van der Waals surface area contributed by atoms with Crippen molar-refractivity contribution in [1.82, 2.24) is 30.4 Å². The molecule has 0 aliphatic carbocycles.